The van der Waals surface area contributed by atoms with Gasteiger partial charge in [0.15, 0.2) is 0 Å². The van der Waals surface area contributed by atoms with Gasteiger partial charge < -0.3 is 15.1 Å². The molecule has 0 saturated heterocycles. The Bertz CT molecular complexity index is 538. The van der Waals surface area contributed by atoms with Crippen LogP contribution in [-0.2, 0) is 0 Å². The van der Waals surface area contributed by atoms with Crippen molar-refractivity contribution < 1.29 is 4.42 Å². The molecule has 1 atom stereocenters. The Hall–Kier alpha value is -1.32. The van der Waals surface area contributed by atoms with Gasteiger partial charge in [0, 0.05) is 18.5 Å². The highest BCUT2D eigenvalue weighted by atomic mass is 16.3. The molecule has 0 radical (unpaired) electrons. The van der Waals surface area contributed by atoms with Crippen LogP contribution < -0.4 is 5.73 Å². The smallest absolute Gasteiger partial charge is 0.134 e. The number of rotatable bonds is 5. The molecule has 114 valence electrons. The zero-order valence-corrected chi connectivity index (χ0v) is 12.9. The van der Waals surface area contributed by atoms with E-state index < -0.39 is 0 Å². The molecule has 1 aliphatic carbocycles. The summed E-state index contributed by atoms with van der Waals surface area (Å²) < 4.78 is 5.87. The number of hydrogen-bond acceptors (Lipinski definition) is 3. The van der Waals surface area contributed by atoms with Crippen molar-refractivity contribution in [2.75, 3.05) is 20.1 Å². The highest BCUT2D eigenvalue weighted by Gasteiger charge is 2.18. The second-order valence-corrected chi connectivity index (χ2v) is 6.52. The molecule has 2 aromatic rings. The van der Waals surface area contributed by atoms with Gasteiger partial charge in [-0.15, -0.1) is 0 Å². The molecular formula is C18H26N2O. The van der Waals surface area contributed by atoms with Gasteiger partial charge in [-0.1, -0.05) is 37.5 Å². The van der Waals surface area contributed by atoms with Gasteiger partial charge in [-0.2, -0.15) is 0 Å². The van der Waals surface area contributed by atoms with Gasteiger partial charge in [-0.25, -0.2) is 0 Å². The third-order valence-electron chi connectivity index (χ3n) is 4.61. The fourth-order valence-corrected chi connectivity index (χ4v) is 3.50. The second kappa shape index (κ2) is 6.63. The average Bonchev–Trinajstić information content (AvgIpc) is 2.92. The van der Waals surface area contributed by atoms with Crippen molar-refractivity contribution in [2.24, 2.45) is 11.7 Å². The summed E-state index contributed by atoms with van der Waals surface area (Å²) >= 11 is 0. The Balaban J connectivity index is 1.58. The van der Waals surface area contributed by atoms with Crippen molar-refractivity contribution in [1.29, 1.82) is 0 Å². The highest BCUT2D eigenvalue weighted by molar-refractivity contribution is 5.77. The summed E-state index contributed by atoms with van der Waals surface area (Å²) in [4.78, 5) is 2.37. The molecule has 3 rings (SSSR count). The summed E-state index contributed by atoms with van der Waals surface area (Å²) in [5, 5.41) is 1.14. The summed E-state index contributed by atoms with van der Waals surface area (Å²) in [6.07, 6.45) is 6.97. The van der Waals surface area contributed by atoms with Crippen molar-refractivity contribution >= 4 is 11.0 Å². The molecule has 0 amide bonds. The van der Waals surface area contributed by atoms with Gasteiger partial charge in [0.2, 0.25) is 0 Å². The van der Waals surface area contributed by atoms with Gasteiger partial charge >= 0.3 is 0 Å². The lowest BCUT2D eigenvalue weighted by molar-refractivity contribution is 0.219. The molecule has 1 heterocycles. The first-order valence-corrected chi connectivity index (χ1v) is 8.15. The maximum absolute atomic E-state index is 6.33. The molecule has 1 aliphatic rings. The summed E-state index contributed by atoms with van der Waals surface area (Å²) in [5.74, 6) is 1.75. The molecule has 0 spiro atoms. The maximum Gasteiger partial charge on any atom is 0.134 e. The van der Waals surface area contributed by atoms with Crippen LogP contribution in [0.4, 0.5) is 0 Å². The number of hydrogen-bond donors (Lipinski definition) is 1. The van der Waals surface area contributed by atoms with Gasteiger partial charge in [-0.05, 0) is 37.9 Å². The molecule has 1 aromatic carbocycles. The SMILES string of the molecule is CN(CC1CCCCC1)CC(N)c1cc2ccccc2o1. The predicted octanol–water partition coefficient (Wildman–Crippen LogP) is 3.94. The number of benzene rings is 1. The van der Waals surface area contributed by atoms with E-state index in [1.165, 1.54) is 32.1 Å². The second-order valence-electron chi connectivity index (χ2n) is 6.52. The van der Waals surface area contributed by atoms with Crippen LogP contribution in [0.3, 0.4) is 0 Å². The molecule has 1 fully saturated rings. The predicted molar refractivity (Wildman–Crippen MR) is 87.2 cm³/mol. The van der Waals surface area contributed by atoms with Crippen LogP contribution in [-0.4, -0.2) is 25.0 Å². The van der Waals surface area contributed by atoms with Crippen LogP contribution in [0.2, 0.25) is 0 Å². The van der Waals surface area contributed by atoms with E-state index in [0.29, 0.717) is 0 Å². The Morgan fingerprint density at radius 2 is 2.00 bits per heavy atom. The standard InChI is InChI=1S/C18H26N2O/c1-20(12-14-7-3-2-4-8-14)13-16(19)18-11-15-9-5-6-10-17(15)21-18/h5-6,9-11,14,16H,2-4,7-8,12-13,19H2,1H3. The van der Waals surface area contributed by atoms with E-state index in [1.54, 1.807) is 0 Å². The van der Waals surface area contributed by atoms with E-state index in [1.807, 2.05) is 18.2 Å². The van der Waals surface area contributed by atoms with Crippen LogP contribution in [0.25, 0.3) is 11.0 Å². The molecule has 3 nitrogen and oxygen atoms in total. The van der Waals surface area contributed by atoms with Gasteiger partial charge in [-0.3, -0.25) is 0 Å². The van der Waals surface area contributed by atoms with E-state index in [0.717, 1.165) is 35.7 Å². The first-order chi connectivity index (χ1) is 10.2. The van der Waals surface area contributed by atoms with E-state index >= 15 is 0 Å². The molecule has 0 bridgehead atoms. The minimum Gasteiger partial charge on any atom is -0.459 e. The molecule has 21 heavy (non-hydrogen) atoms. The lowest BCUT2D eigenvalue weighted by Gasteiger charge is -2.28. The van der Waals surface area contributed by atoms with Crippen LogP contribution >= 0.6 is 0 Å². The zero-order valence-electron chi connectivity index (χ0n) is 12.9. The van der Waals surface area contributed by atoms with Gasteiger partial charge in [0.25, 0.3) is 0 Å². The van der Waals surface area contributed by atoms with E-state index in [-0.39, 0.29) is 6.04 Å². The Labute approximate surface area is 127 Å². The largest absolute Gasteiger partial charge is 0.459 e. The van der Waals surface area contributed by atoms with Crippen LogP contribution in [0.5, 0.6) is 0 Å². The van der Waals surface area contributed by atoms with E-state index in [2.05, 4.69) is 24.1 Å². The van der Waals surface area contributed by atoms with Crippen LogP contribution in [0.1, 0.15) is 43.9 Å². The fourth-order valence-electron chi connectivity index (χ4n) is 3.50. The summed E-state index contributed by atoms with van der Waals surface area (Å²) in [6, 6.07) is 10.1. The summed E-state index contributed by atoms with van der Waals surface area (Å²) in [6.45, 7) is 2.02. The average molecular weight is 286 g/mol. The number of likely N-dealkylation sites (N-methyl/N-ethyl adjacent to an activating group) is 1. The van der Waals surface area contributed by atoms with Crippen molar-refractivity contribution in [3.05, 3.63) is 36.1 Å². The van der Waals surface area contributed by atoms with Crippen LogP contribution in [0, 0.1) is 5.92 Å². The Morgan fingerprint density at radius 1 is 1.24 bits per heavy atom. The number of para-hydroxylation sites is 1. The monoisotopic (exact) mass is 286 g/mol. The molecule has 1 saturated carbocycles. The minimum atomic E-state index is -0.0500. The lowest BCUT2D eigenvalue weighted by Crippen LogP contribution is -2.33. The number of nitrogens with two attached hydrogens (primary N) is 1. The van der Waals surface area contributed by atoms with E-state index in [4.69, 9.17) is 10.2 Å². The van der Waals surface area contributed by atoms with Gasteiger partial charge in [0.1, 0.15) is 11.3 Å². The minimum absolute atomic E-state index is 0.0500. The fraction of sp³-hybridized carbons (Fsp3) is 0.556. The summed E-state index contributed by atoms with van der Waals surface area (Å²) in [7, 11) is 2.18. The quantitative estimate of drug-likeness (QED) is 0.905. The summed E-state index contributed by atoms with van der Waals surface area (Å²) in [5.41, 5.74) is 7.26. The lowest BCUT2D eigenvalue weighted by atomic mass is 9.89. The van der Waals surface area contributed by atoms with Crippen molar-refractivity contribution in [3.8, 4) is 0 Å². The highest BCUT2D eigenvalue weighted by Crippen LogP contribution is 2.26. The third kappa shape index (κ3) is 3.66. The van der Waals surface area contributed by atoms with E-state index in [9.17, 15) is 0 Å². The molecule has 2 N–H and O–H groups in total. The Morgan fingerprint density at radius 3 is 2.76 bits per heavy atom. The van der Waals surface area contributed by atoms with Crippen molar-refractivity contribution in [1.82, 2.24) is 4.90 Å². The number of nitrogens with zero attached hydrogens (tertiary/aromatic N) is 1. The zero-order chi connectivity index (χ0) is 14.7. The molecule has 0 aliphatic heterocycles. The normalized spacial score (nSPS) is 18.4. The topological polar surface area (TPSA) is 42.4 Å². The molecule has 1 unspecified atom stereocenters. The number of furan rings is 1. The number of fused-ring (bicyclic) bond motifs is 1. The molecule has 3 heteroatoms. The molecule has 1 aromatic heterocycles. The maximum atomic E-state index is 6.33. The Kier molecular flexibility index (Phi) is 4.61. The first-order valence-electron chi connectivity index (χ1n) is 8.15. The first kappa shape index (κ1) is 14.6. The molecular weight excluding hydrogens is 260 g/mol. The van der Waals surface area contributed by atoms with Gasteiger partial charge in [0.05, 0.1) is 6.04 Å². The van der Waals surface area contributed by atoms with Crippen molar-refractivity contribution in [3.63, 3.8) is 0 Å². The third-order valence-corrected chi connectivity index (χ3v) is 4.61. The van der Waals surface area contributed by atoms with Crippen LogP contribution in [0.15, 0.2) is 34.7 Å². The van der Waals surface area contributed by atoms with Crippen molar-refractivity contribution in [2.45, 2.75) is 38.1 Å².